The molecule has 5 nitrogen and oxygen atoms in total. The number of hydrogen-bond acceptors (Lipinski definition) is 3. The first-order chi connectivity index (χ1) is 12.1. The molecular formula is C20H26N4O. The maximum absolute atomic E-state index is 13.5. The van der Waals surface area contributed by atoms with Gasteiger partial charge in [0.25, 0.3) is 0 Å². The maximum Gasteiger partial charge on any atom is 0.233 e. The Kier molecular flexibility index (Phi) is 4.10. The summed E-state index contributed by atoms with van der Waals surface area (Å²) >= 11 is 0. The average molecular weight is 338 g/mol. The van der Waals surface area contributed by atoms with Crippen molar-refractivity contribution in [3.8, 4) is 0 Å². The summed E-state index contributed by atoms with van der Waals surface area (Å²) in [4.78, 5) is 19.7. The second kappa shape index (κ2) is 6.28. The number of piperidine rings is 1. The molecule has 0 spiro atoms. The molecule has 1 aliphatic carbocycles. The Morgan fingerprint density at radius 3 is 2.52 bits per heavy atom. The SMILES string of the molecule is Cc1cc(C)cc(C2(C(=O)N3CCCC(n4cncn4)C3)CCC2)c1. The third kappa shape index (κ3) is 2.86. The summed E-state index contributed by atoms with van der Waals surface area (Å²) in [6.45, 7) is 5.84. The average Bonchev–Trinajstić information content (AvgIpc) is 3.07. The molecule has 2 aromatic rings. The molecule has 5 heteroatoms. The Balaban J connectivity index is 1.59. The molecule has 1 saturated carbocycles. The molecule has 25 heavy (non-hydrogen) atoms. The fourth-order valence-electron chi connectivity index (χ4n) is 4.47. The summed E-state index contributed by atoms with van der Waals surface area (Å²) in [7, 11) is 0. The van der Waals surface area contributed by atoms with E-state index < -0.39 is 0 Å². The summed E-state index contributed by atoms with van der Waals surface area (Å²) in [6.07, 6.45) is 8.51. The van der Waals surface area contributed by atoms with Gasteiger partial charge in [0, 0.05) is 13.1 Å². The highest BCUT2D eigenvalue weighted by Crippen LogP contribution is 2.46. The monoisotopic (exact) mass is 338 g/mol. The number of nitrogens with zero attached hydrogens (tertiary/aromatic N) is 4. The topological polar surface area (TPSA) is 51.0 Å². The van der Waals surface area contributed by atoms with Crippen LogP contribution in [0.5, 0.6) is 0 Å². The van der Waals surface area contributed by atoms with E-state index in [0.29, 0.717) is 5.91 Å². The minimum Gasteiger partial charge on any atom is -0.340 e. The molecule has 132 valence electrons. The summed E-state index contributed by atoms with van der Waals surface area (Å²) in [5.41, 5.74) is 3.40. The van der Waals surface area contributed by atoms with Crippen LogP contribution in [0.25, 0.3) is 0 Å². The van der Waals surface area contributed by atoms with E-state index in [1.54, 1.807) is 12.7 Å². The quantitative estimate of drug-likeness (QED) is 0.864. The number of amides is 1. The zero-order chi connectivity index (χ0) is 17.4. The highest BCUT2D eigenvalue weighted by molar-refractivity contribution is 5.89. The normalized spacial score (nSPS) is 22.5. The lowest BCUT2D eigenvalue weighted by atomic mass is 9.63. The van der Waals surface area contributed by atoms with E-state index >= 15 is 0 Å². The molecular weight excluding hydrogens is 312 g/mol. The minimum absolute atomic E-state index is 0.247. The highest BCUT2D eigenvalue weighted by Gasteiger charge is 2.48. The Morgan fingerprint density at radius 1 is 1.16 bits per heavy atom. The van der Waals surface area contributed by atoms with E-state index in [1.807, 2.05) is 4.68 Å². The number of hydrogen-bond donors (Lipinski definition) is 0. The molecule has 2 fully saturated rings. The molecule has 1 aliphatic heterocycles. The second-order valence-electron chi connectivity index (χ2n) is 7.73. The largest absolute Gasteiger partial charge is 0.340 e. The van der Waals surface area contributed by atoms with Crippen LogP contribution in [0.2, 0.25) is 0 Å². The minimum atomic E-state index is -0.305. The molecule has 0 radical (unpaired) electrons. The Labute approximate surface area is 149 Å². The maximum atomic E-state index is 13.5. The smallest absolute Gasteiger partial charge is 0.233 e. The van der Waals surface area contributed by atoms with Crippen molar-refractivity contribution in [3.05, 3.63) is 47.5 Å². The predicted molar refractivity (Wildman–Crippen MR) is 96.3 cm³/mol. The van der Waals surface area contributed by atoms with Crippen molar-refractivity contribution in [2.75, 3.05) is 13.1 Å². The van der Waals surface area contributed by atoms with Gasteiger partial charge in [0.15, 0.2) is 0 Å². The molecule has 4 rings (SSSR count). The van der Waals surface area contributed by atoms with E-state index in [9.17, 15) is 4.79 Å². The van der Waals surface area contributed by atoms with Crippen LogP contribution in [0.4, 0.5) is 0 Å². The molecule has 1 amide bonds. The van der Waals surface area contributed by atoms with Gasteiger partial charge in [0.05, 0.1) is 11.5 Å². The summed E-state index contributed by atoms with van der Waals surface area (Å²) in [6, 6.07) is 6.85. The summed E-state index contributed by atoms with van der Waals surface area (Å²) < 4.78 is 1.91. The van der Waals surface area contributed by atoms with Gasteiger partial charge < -0.3 is 4.90 Å². The molecule has 0 bridgehead atoms. The van der Waals surface area contributed by atoms with Crippen molar-refractivity contribution in [1.82, 2.24) is 19.7 Å². The van der Waals surface area contributed by atoms with Gasteiger partial charge in [-0.3, -0.25) is 4.79 Å². The van der Waals surface area contributed by atoms with Crippen molar-refractivity contribution >= 4 is 5.91 Å². The molecule has 1 aromatic heterocycles. The van der Waals surface area contributed by atoms with Gasteiger partial charge in [-0.05, 0) is 45.1 Å². The molecule has 1 unspecified atom stereocenters. The summed E-state index contributed by atoms with van der Waals surface area (Å²) in [5.74, 6) is 0.313. The number of carbonyl (C=O) groups is 1. The zero-order valence-corrected chi connectivity index (χ0v) is 15.1. The molecule has 1 saturated heterocycles. The van der Waals surface area contributed by atoms with Crippen molar-refractivity contribution in [1.29, 1.82) is 0 Å². The van der Waals surface area contributed by atoms with Crippen LogP contribution in [-0.2, 0) is 10.2 Å². The van der Waals surface area contributed by atoms with Gasteiger partial charge >= 0.3 is 0 Å². The molecule has 2 aliphatic rings. The zero-order valence-electron chi connectivity index (χ0n) is 15.1. The predicted octanol–water partition coefficient (Wildman–Crippen LogP) is 3.18. The van der Waals surface area contributed by atoms with Crippen molar-refractivity contribution in [2.45, 2.75) is 57.4 Å². The van der Waals surface area contributed by atoms with Crippen molar-refractivity contribution in [3.63, 3.8) is 0 Å². The fraction of sp³-hybridized carbons (Fsp3) is 0.550. The first-order valence-corrected chi connectivity index (χ1v) is 9.31. The van der Waals surface area contributed by atoms with E-state index in [1.165, 1.54) is 16.7 Å². The van der Waals surface area contributed by atoms with E-state index in [-0.39, 0.29) is 11.5 Å². The van der Waals surface area contributed by atoms with Gasteiger partial charge in [-0.25, -0.2) is 9.67 Å². The lowest BCUT2D eigenvalue weighted by Crippen LogP contribution is -2.53. The Morgan fingerprint density at radius 2 is 1.92 bits per heavy atom. The number of benzene rings is 1. The van der Waals surface area contributed by atoms with Crippen LogP contribution in [0.1, 0.15) is 54.8 Å². The van der Waals surface area contributed by atoms with Crippen LogP contribution < -0.4 is 0 Å². The highest BCUT2D eigenvalue weighted by atomic mass is 16.2. The van der Waals surface area contributed by atoms with Gasteiger partial charge in [0.1, 0.15) is 12.7 Å². The van der Waals surface area contributed by atoms with Crippen LogP contribution in [0.15, 0.2) is 30.9 Å². The van der Waals surface area contributed by atoms with Crippen molar-refractivity contribution in [2.24, 2.45) is 0 Å². The van der Waals surface area contributed by atoms with Gasteiger partial charge in [-0.2, -0.15) is 5.10 Å². The van der Waals surface area contributed by atoms with Crippen LogP contribution >= 0.6 is 0 Å². The van der Waals surface area contributed by atoms with Gasteiger partial charge in [0.2, 0.25) is 5.91 Å². The number of carbonyl (C=O) groups excluding carboxylic acids is 1. The van der Waals surface area contributed by atoms with Gasteiger partial charge in [-0.15, -0.1) is 0 Å². The standard InChI is InChI=1S/C20H26N4O/c1-15-9-16(2)11-17(10-15)20(6-4-7-20)19(25)23-8-3-5-18(12-23)24-14-21-13-22-24/h9-11,13-14,18H,3-8,12H2,1-2H3. The van der Waals surface area contributed by atoms with Crippen LogP contribution in [0, 0.1) is 13.8 Å². The lowest BCUT2D eigenvalue weighted by Gasteiger charge is -2.46. The first kappa shape index (κ1) is 16.3. The summed E-state index contributed by atoms with van der Waals surface area (Å²) in [5, 5.41) is 4.28. The fourth-order valence-corrected chi connectivity index (χ4v) is 4.47. The van der Waals surface area contributed by atoms with E-state index in [0.717, 1.165) is 45.2 Å². The number of likely N-dealkylation sites (tertiary alicyclic amines) is 1. The third-order valence-electron chi connectivity index (χ3n) is 5.89. The molecule has 0 N–H and O–H groups in total. The Hall–Kier alpha value is -2.17. The van der Waals surface area contributed by atoms with Crippen LogP contribution in [-0.4, -0.2) is 38.7 Å². The number of aromatic nitrogens is 3. The van der Waals surface area contributed by atoms with Crippen molar-refractivity contribution < 1.29 is 4.79 Å². The second-order valence-corrected chi connectivity index (χ2v) is 7.73. The first-order valence-electron chi connectivity index (χ1n) is 9.31. The number of aryl methyl sites for hydroxylation is 2. The molecule has 2 heterocycles. The van der Waals surface area contributed by atoms with E-state index in [4.69, 9.17) is 0 Å². The molecule has 1 atom stereocenters. The molecule has 1 aromatic carbocycles. The lowest BCUT2D eigenvalue weighted by molar-refractivity contribution is -0.142. The number of rotatable bonds is 3. The van der Waals surface area contributed by atoms with E-state index in [2.05, 4.69) is 47.0 Å². The Bertz CT molecular complexity index is 744. The van der Waals surface area contributed by atoms with Crippen LogP contribution in [0.3, 0.4) is 0 Å². The van der Waals surface area contributed by atoms with Gasteiger partial charge in [-0.1, -0.05) is 35.7 Å². The third-order valence-corrected chi connectivity index (χ3v) is 5.89.